The van der Waals surface area contributed by atoms with Gasteiger partial charge >= 0.3 is 0 Å². The van der Waals surface area contributed by atoms with E-state index < -0.39 is 29.5 Å². The quantitative estimate of drug-likeness (QED) is 0.0509. The Bertz CT molecular complexity index is 2840. The molecule has 7 rings (SSSR count). The second-order valence-corrected chi connectivity index (χ2v) is 20.6. The van der Waals surface area contributed by atoms with E-state index in [-0.39, 0.29) is 55.3 Å². The van der Waals surface area contributed by atoms with Crippen LogP contribution in [0, 0.1) is 12.3 Å². The van der Waals surface area contributed by atoms with E-state index in [1.165, 1.54) is 10.5 Å². The normalized spacial score (nSPS) is 15.8. The number of ether oxygens (including phenoxy) is 1. The molecule has 0 radical (unpaired) electrons. The van der Waals surface area contributed by atoms with Crippen molar-refractivity contribution in [2.24, 2.45) is 5.41 Å². The number of hydrogen-bond acceptors (Lipinski definition) is 11. The average Bonchev–Trinajstić information content (AvgIpc) is 4.14. The highest BCUT2D eigenvalue weighted by molar-refractivity contribution is 7.13. The number of phenolic OH excluding ortho intramolecular Hbond substituents is 1. The van der Waals surface area contributed by atoms with Gasteiger partial charge in [0.1, 0.15) is 30.2 Å². The number of aryl methyl sites for hydroxylation is 3. The molecule has 3 heterocycles. The van der Waals surface area contributed by atoms with E-state index in [1.807, 2.05) is 119 Å². The molecule has 384 valence electrons. The third-order valence-electron chi connectivity index (χ3n) is 13.2. The van der Waals surface area contributed by atoms with Crippen molar-refractivity contribution in [1.82, 2.24) is 40.4 Å². The summed E-state index contributed by atoms with van der Waals surface area (Å²) in [4.78, 5) is 62.8. The van der Waals surface area contributed by atoms with Gasteiger partial charge in [-0.1, -0.05) is 112 Å². The maximum absolute atomic E-state index is 14.2. The lowest BCUT2D eigenvalue weighted by Gasteiger charge is -2.35. The number of thiazole rings is 1. The van der Waals surface area contributed by atoms with E-state index >= 15 is 0 Å². The van der Waals surface area contributed by atoms with E-state index in [1.54, 1.807) is 46.3 Å². The molecule has 4 N–H and O–H groups in total. The van der Waals surface area contributed by atoms with Crippen molar-refractivity contribution >= 4 is 46.1 Å². The Kier molecular flexibility index (Phi) is 18.0. The number of β-amino-alcohol motifs (C(OH)–C–C–N with tert-alkyl or cyclic N) is 1. The number of aliphatic hydroxyl groups excluding tert-OH is 1. The zero-order chi connectivity index (χ0) is 52.2. The average molecular weight is 1010 g/mol. The highest BCUT2D eigenvalue weighted by atomic mass is 32.1. The zero-order valence-corrected chi connectivity index (χ0v) is 43.7. The zero-order valence-electron chi connectivity index (χ0n) is 42.9. The lowest BCUT2D eigenvalue weighted by atomic mass is 9.85. The van der Waals surface area contributed by atoms with Crippen LogP contribution in [-0.4, -0.2) is 109 Å². The second kappa shape index (κ2) is 24.5. The third kappa shape index (κ3) is 14.1. The summed E-state index contributed by atoms with van der Waals surface area (Å²) in [6.45, 7) is 12.6. The molecule has 0 spiro atoms. The highest BCUT2D eigenvalue weighted by Crippen LogP contribution is 2.36. The number of carbonyl (C=O) groups excluding carboxylic acids is 4. The van der Waals surface area contributed by atoms with Crippen LogP contribution in [0.4, 0.5) is 0 Å². The number of aromatic hydroxyl groups is 1. The standard InChI is InChI=1S/C57H68N8O7S/c1-8-48(40-13-10-9-11-14-40)52(41-20-25-45(66)26-21-41)42-22-27-47(28-23-42)72-32-31-63(7)51(69)29-24-44-34-64(62-61-44)30-12-15-50(68)60-54(57(4,5)6)56(71)65-35-46(67)33-49(65)55(70)59-37(2)39-16-18-43(19-17-39)53-38(3)58-36-73-53/h9-11,13-14,16-23,25-28,34,36-37,46,49,54,66-67H,8,12,15,24,29-33,35H2,1-7H3,(H,59,70)(H,60,68). The Hall–Kier alpha value is -7.17. The van der Waals surface area contributed by atoms with Gasteiger partial charge in [-0.25, -0.2) is 4.98 Å². The molecular formula is C57H68N8O7S. The Labute approximate surface area is 432 Å². The number of rotatable bonds is 21. The summed E-state index contributed by atoms with van der Waals surface area (Å²) in [5, 5.41) is 35.1. The fourth-order valence-electron chi connectivity index (χ4n) is 9.09. The molecule has 1 aliphatic heterocycles. The van der Waals surface area contributed by atoms with Crippen molar-refractivity contribution in [1.29, 1.82) is 0 Å². The number of hydrogen-bond donors (Lipinski definition) is 4. The van der Waals surface area contributed by atoms with Gasteiger partial charge in [0, 0.05) is 52.0 Å². The van der Waals surface area contributed by atoms with Gasteiger partial charge in [0.05, 0.1) is 40.5 Å². The van der Waals surface area contributed by atoms with Gasteiger partial charge in [-0.2, -0.15) is 0 Å². The number of likely N-dealkylation sites (tertiary alicyclic amines) is 1. The summed E-state index contributed by atoms with van der Waals surface area (Å²) in [5.41, 5.74) is 10.1. The number of allylic oxidation sites excluding steroid dienone is 1. The van der Waals surface area contributed by atoms with Crippen LogP contribution in [0.3, 0.4) is 0 Å². The summed E-state index contributed by atoms with van der Waals surface area (Å²) in [7, 11) is 1.75. The number of amides is 4. The van der Waals surface area contributed by atoms with Gasteiger partial charge in [-0.05, 0) is 95.3 Å². The van der Waals surface area contributed by atoms with Gasteiger partial charge in [-0.15, -0.1) is 16.4 Å². The smallest absolute Gasteiger partial charge is 0.246 e. The number of aromatic nitrogens is 4. The Balaban J connectivity index is 0.843. The molecule has 4 amide bonds. The van der Waals surface area contributed by atoms with Crippen molar-refractivity contribution in [3.8, 4) is 21.9 Å². The van der Waals surface area contributed by atoms with Gasteiger partial charge < -0.3 is 35.4 Å². The molecule has 1 saturated heterocycles. The number of nitrogens with zero attached hydrogens (tertiary/aromatic N) is 6. The van der Waals surface area contributed by atoms with Gasteiger partial charge in [0.2, 0.25) is 23.6 Å². The number of benzene rings is 4. The first-order valence-electron chi connectivity index (χ1n) is 25.0. The molecule has 6 aromatic rings. The molecule has 2 aromatic heterocycles. The summed E-state index contributed by atoms with van der Waals surface area (Å²) in [5.74, 6) is -0.270. The minimum atomic E-state index is -0.943. The predicted molar refractivity (Wildman–Crippen MR) is 284 cm³/mol. The fourth-order valence-corrected chi connectivity index (χ4v) is 9.90. The summed E-state index contributed by atoms with van der Waals surface area (Å²) in [6, 6.07) is 31.2. The van der Waals surface area contributed by atoms with E-state index in [0.29, 0.717) is 44.0 Å². The van der Waals surface area contributed by atoms with Crippen molar-refractivity contribution in [2.75, 3.05) is 26.7 Å². The molecule has 73 heavy (non-hydrogen) atoms. The largest absolute Gasteiger partial charge is 0.508 e. The summed E-state index contributed by atoms with van der Waals surface area (Å²) >= 11 is 1.57. The van der Waals surface area contributed by atoms with Gasteiger partial charge in [-0.3, -0.25) is 23.9 Å². The number of carbonyl (C=O) groups is 4. The van der Waals surface area contributed by atoms with E-state index in [4.69, 9.17) is 4.74 Å². The Morgan fingerprint density at radius 1 is 0.904 bits per heavy atom. The lowest BCUT2D eigenvalue weighted by molar-refractivity contribution is -0.144. The van der Waals surface area contributed by atoms with E-state index in [2.05, 4.69) is 45.0 Å². The predicted octanol–water partition coefficient (Wildman–Crippen LogP) is 8.41. The number of aliphatic hydroxyl groups is 1. The highest BCUT2D eigenvalue weighted by Gasteiger charge is 2.44. The van der Waals surface area contributed by atoms with Crippen LogP contribution in [0.15, 0.2) is 115 Å². The minimum Gasteiger partial charge on any atom is -0.508 e. The number of likely N-dealkylation sites (N-methyl/N-ethyl adjacent to an activating group) is 1. The fraction of sp³-hybridized carbons (Fsp3) is 0.386. The molecule has 16 heteroatoms. The molecule has 0 saturated carbocycles. The Morgan fingerprint density at radius 2 is 1.59 bits per heavy atom. The van der Waals surface area contributed by atoms with E-state index in [9.17, 15) is 29.4 Å². The van der Waals surface area contributed by atoms with Crippen LogP contribution in [0.1, 0.15) is 106 Å². The van der Waals surface area contributed by atoms with Crippen LogP contribution in [0.2, 0.25) is 0 Å². The molecule has 0 bridgehead atoms. The van der Waals surface area contributed by atoms with Crippen molar-refractivity contribution in [3.63, 3.8) is 0 Å². The minimum absolute atomic E-state index is 0.0169. The van der Waals surface area contributed by atoms with Crippen molar-refractivity contribution in [3.05, 3.63) is 148 Å². The monoisotopic (exact) mass is 1010 g/mol. The van der Waals surface area contributed by atoms with Gasteiger partial charge in [0.15, 0.2) is 0 Å². The van der Waals surface area contributed by atoms with Crippen LogP contribution < -0.4 is 15.4 Å². The molecular weight excluding hydrogens is 941 g/mol. The molecule has 4 atom stereocenters. The van der Waals surface area contributed by atoms with Crippen molar-refractivity contribution in [2.45, 2.75) is 111 Å². The SMILES string of the molecule is CCC(=C(c1ccc(O)cc1)c1ccc(OCCN(C)C(=O)CCc2cn(CCCC(=O)NC(C(=O)N3CC(O)CC3C(=O)NC(C)c3ccc(-c4scnc4C)cc3)C(C)(C)C)nn2)cc1)c1ccccc1. The van der Waals surface area contributed by atoms with Crippen LogP contribution >= 0.6 is 11.3 Å². The maximum atomic E-state index is 14.2. The first-order valence-corrected chi connectivity index (χ1v) is 25.9. The third-order valence-corrected chi connectivity index (χ3v) is 14.2. The molecule has 4 unspecified atom stereocenters. The first kappa shape index (κ1) is 53.6. The molecule has 1 fully saturated rings. The van der Waals surface area contributed by atoms with Crippen LogP contribution in [0.25, 0.3) is 21.6 Å². The molecule has 4 aromatic carbocycles. The molecule has 15 nitrogen and oxygen atoms in total. The number of nitrogens with one attached hydrogen (secondary N) is 2. The van der Waals surface area contributed by atoms with Crippen LogP contribution in [-0.2, 0) is 32.1 Å². The Morgan fingerprint density at radius 3 is 2.23 bits per heavy atom. The van der Waals surface area contributed by atoms with Gasteiger partial charge in [0.25, 0.3) is 0 Å². The molecule has 1 aliphatic rings. The summed E-state index contributed by atoms with van der Waals surface area (Å²) < 4.78 is 7.70. The lowest BCUT2D eigenvalue weighted by Crippen LogP contribution is -2.57. The van der Waals surface area contributed by atoms with E-state index in [0.717, 1.165) is 50.4 Å². The maximum Gasteiger partial charge on any atom is 0.246 e. The second-order valence-electron chi connectivity index (χ2n) is 19.8. The summed E-state index contributed by atoms with van der Waals surface area (Å²) in [6.07, 6.45) is 2.96. The van der Waals surface area contributed by atoms with Crippen LogP contribution in [0.5, 0.6) is 11.5 Å². The topological polar surface area (TPSA) is 192 Å². The molecule has 0 aliphatic carbocycles. The van der Waals surface area contributed by atoms with Crippen molar-refractivity contribution < 1.29 is 34.1 Å². The number of phenols is 1. The first-order chi connectivity index (χ1) is 35.0.